The molecule has 1 aromatic heterocycles. The van der Waals surface area contributed by atoms with Crippen LogP contribution in [0, 0.1) is 0 Å². The van der Waals surface area contributed by atoms with E-state index in [1.165, 1.54) is 30.2 Å². The van der Waals surface area contributed by atoms with Crippen LogP contribution in [-0.2, 0) is 17.6 Å². The molecule has 0 radical (unpaired) electrons. The average molecular weight is 341 g/mol. The molecule has 0 fully saturated rings. The lowest BCUT2D eigenvalue weighted by Crippen LogP contribution is -2.30. The van der Waals surface area contributed by atoms with Crippen molar-refractivity contribution < 1.29 is 19.1 Å². The summed E-state index contributed by atoms with van der Waals surface area (Å²) in [6, 6.07) is 8.70. The molecule has 5 heteroatoms. The Morgan fingerprint density at radius 2 is 1.92 bits per heavy atom. The summed E-state index contributed by atoms with van der Waals surface area (Å²) in [5.74, 6) is 0.195. The summed E-state index contributed by atoms with van der Waals surface area (Å²) < 4.78 is 5.19. The van der Waals surface area contributed by atoms with Crippen LogP contribution in [0.5, 0.6) is 0 Å². The van der Waals surface area contributed by atoms with E-state index in [2.05, 4.69) is 5.32 Å². The number of carbonyl (C=O) groups is 2. The number of carbonyl (C=O) groups excluding carboxylic acids is 2. The maximum absolute atomic E-state index is 12.4. The number of furan rings is 1. The molecule has 0 aliphatic heterocycles. The van der Waals surface area contributed by atoms with Crippen molar-refractivity contribution in [2.45, 2.75) is 44.6 Å². The third-order valence-electron chi connectivity index (χ3n) is 4.65. The predicted octanol–water partition coefficient (Wildman–Crippen LogP) is 2.97. The van der Waals surface area contributed by atoms with Gasteiger partial charge in [-0.25, -0.2) is 0 Å². The van der Waals surface area contributed by atoms with Gasteiger partial charge in [0.15, 0.2) is 5.78 Å². The molecular formula is C20H23NO4. The molecule has 1 atom stereocenters. The van der Waals surface area contributed by atoms with Crippen LogP contribution in [-0.4, -0.2) is 23.4 Å². The number of hydrogen-bond donors (Lipinski definition) is 2. The molecule has 1 heterocycles. The van der Waals surface area contributed by atoms with Crippen LogP contribution in [0.15, 0.2) is 41.0 Å². The van der Waals surface area contributed by atoms with Crippen molar-refractivity contribution >= 4 is 11.7 Å². The van der Waals surface area contributed by atoms with Crippen molar-refractivity contribution in [2.24, 2.45) is 0 Å². The lowest BCUT2D eigenvalue weighted by atomic mass is 9.89. The number of ketones is 1. The van der Waals surface area contributed by atoms with E-state index in [4.69, 9.17) is 4.42 Å². The molecule has 2 aromatic rings. The van der Waals surface area contributed by atoms with Gasteiger partial charge in [-0.1, -0.05) is 12.1 Å². The first-order valence-corrected chi connectivity index (χ1v) is 8.76. The topological polar surface area (TPSA) is 79.5 Å². The number of aliphatic hydroxyl groups is 1. The van der Waals surface area contributed by atoms with Crippen LogP contribution in [0.2, 0.25) is 0 Å². The normalized spacial score (nSPS) is 14.6. The fourth-order valence-corrected chi connectivity index (χ4v) is 3.24. The molecule has 0 bridgehead atoms. The number of nitrogens with one attached hydrogen (secondary N) is 1. The Labute approximate surface area is 147 Å². The van der Waals surface area contributed by atoms with Crippen molar-refractivity contribution in [3.8, 4) is 0 Å². The second-order valence-electron chi connectivity index (χ2n) is 6.43. The lowest BCUT2D eigenvalue weighted by Gasteiger charge is -2.16. The summed E-state index contributed by atoms with van der Waals surface area (Å²) in [4.78, 5) is 24.4. The SMILES string of the molecule is O=C(CCC(=O)c1ccc2c(c1)CCCC2)NC(CO)c1ccco1. The van der Waals surface area contributed by atoms with E-state index >= 15 is 0 Å². The molecule has 25 heavy (non-hydrogen) atoms. The van der Waals surface area contributed by atoms with Crippen molar-refractivity contribution in [3.05, 3.63) is 59.0 Å². The summed E-state index contributed by atoms with van der Waals surface area (Å²) in [5.41, 5.74) is 3.28. The summed E-state index contributed by atoms with van der Waals surface area (Å²) in [6.07, 6.45) is 6.22. The maximum atomic E-state index is 12.4. The predicted molar refractivity (Wildman–Crippen MR) is 93.3 cm³/mol. The molecule has 1 aliphatic carbocycles. The van der Waals surface area contributed by atoms with Gasteiger partial charge in [0.05, 0.1) is 12.9 Å². The monoisotopic (exact) mass is 341 g/mol. The van der Waals surface area contributed by atoms with Crippen LogP contribution < -0.4 is 5.32 Å². The summed E-state index contributed by atoms with van der Waals surface area (Å²) in [6.45, 7) is -0.252. The van der Waals surface area contributed by atoms with Gasteiger partial charge in [0, 0.05) is 18.4 Å². The van der Waals surface area contributed by atoms with Crippen LogP contribution >= 0.6 is 0 Å². The molecule has 0 saturated heterocycles. The number of rotatable bonds is 7. The smallest absolute Gasteiger partial charge is 0.221 e. The lowest BCUT2D eigenvalue weighted by molar-refractivity contribution is -0.122. The standard InChI is InChI=1S/C20H23NO4/c22-13-17(19-6-3-11-25-19)21-20(24)10-9-18(23)16-8-7-14-4-1-2-5-15(14)12-16/h3,6-8,11-12,17,22H,1-2,4-5,9-10,13H2,(H,21,24). The van der Waals surface area contributed by atoms with E-state index in [1.807, 2.05) is 18.2 Å². The molecule has 0 saturated carbocycles. The highest BCUT2D eigenvalue weighted by molar-refractivity contribution is 5.98. The largest absolute Gasteiger partial charge is 0.467 e. The van der Waals surface area contributed by atoms with E-state index in [1.54, 1.807) is 12.1 Å². The Balaban J connectivity index is 1.54. The van der Waals surface area contributed by atoms with Gasteiger partial charge in [-0.05, 0) is 55.0 Å². The van der Waals surface area contributed by atoms with E-state index < -0.39 is 6.04 Å². The van der Waals surface area contributed by atoms with Crippen molar-refractivity contribution in [3.63, 3.8) is 0 Å². The van der Waals surface area contributed by atoms with E-state index in [9.17, 15) is 14.7 Å². The molecule has 0 spiro atoms. The first-order valence-electron chi connectivity index (χ1n) is 8.76. The number of Topliss-reactive ketones (excluding diaryl/α,β-unsaturated/α-hetero) is 1. The molecule has 1 aliphatic rings. The number of fused-ring (bicyclic) bond motifs is 1. The van der Waals surface area contributed by atoms with Gasteiger partial charge in [0.1, 0.15) is 11.8 Å². The highest BCUT2D eigenvalue weighted by atomic mass is 16.3. The third kappa shape index (κ3) is 4.37. The molecule has 2 N–H and O–H groups in total. The van der Waals surface area contributed by atoms with Crippen molar-refractivity contribution in [1.29, 1.82) is 0 Å². The molecular weight excluding hydrogens is 318 g/mol. The van der Waals surface area contributed by atoms with Crippen LogP contribution in [0.25, 0.3) is 0 Å². The van der Waals surface area contributed by atoms with Gasteiger partial charge >= 0.3 is 0 Å². The summed E-state index contributed by atoms with van der Waals surface area (Å²) in [7, 11) is 0. The molecule has 3 rings (SSSR count). The summed E-state index contributed by atoms with van der Waals surface area (Å²) >= 11 is 0. The maximum Gasteiger partial charge on any atom is 0.221 e. The number of amides is 1. The third-order valence-corrected chi connectivity index (χ3v) is 4.65. The number of aryl methyl sites for hydroxylation is 2. The zero-order valence-electron chi connectivity index (χ0n) is 14.2. The zero-order chi connectivity index (χ0) is 17.6. The second-order valence-corrected chi connectivity index (χ2v) is 6.43. The fourth-order valence-electron chi connectivity index (χ4n) is 3.24. The van der Waals surface area contributed by atoms with Crippen molar-refractivity contribution in [1.82, 2.24) is 5.32 Å². The Kier molecular flexibility index (Phi) is 5.66. The van der Waals surface area contributed by atoms with E-state index in [-0.39, 0.29) is 31.1 Å². The van der Waals surface area contributed by atoms with Crippen molar-refractivity contribution in [2.75, 3.05) is 6.61 Å². The highest BCUT2D eigenvalue weighted by Gasteiger charge is 2.18. The van der Waals surface area contributed by atoms with Gasteiger partial charge in [0.2, 0.25) is 5.91 Å². The molecule has 1 unspecified atom stereocenters. The van der Waals surface area contributed by atoms with Gasteiger partial charge in [-0.2, -0.15) is 0 Å². The molecule has 1 amide bonds. The molecule has 1 aromatic carbocycles. The Hall–Kier alpha value is -2.40. The minimum atomic E-state index is -0.582. The van der Waals surface area contributed by atoms with Crippen LogP contribution in [0.1, 0.15) is 59.0 Å². The zero-order valence-corrected chi connectivity index (χ0v) is 14.2. The van der Waals surface area contributed by atoms with Crippen LogP contribution in [0.3, 0.4) is 0 Å². The van der Waals surface area contributed by atoms with Gasteiger partial charge < -0.3 is 14.8 Å². The first kappa shape index (κ1) is 17.4. The van der Waals surface area contributed by atoms with E-state index in [0.717, 1.165) is 12.8 Å². The highest BCUT2D eigenvalue weighted by Crippen LogP contribution is 2.23. The average Bonchev–Trinajstić information content (AvgIpc) is 3.18. The molecule has 5 nitrogen and oxygen atoms in total. The molecule has 132 valence electrons. The quantitative estimate of drug-likeness (QED) is 0.759. The van der Waals surface area contributed by atoms with E-state index in [0.29, 0.717) is 11.3 Å². The fraction of sp³-hybridized carbons (Fsp3) is 0.400. The Bertz CT molecular complexity index is 736. The minimum absolute atomic E-state index is 0.0259. The Morgan fingerprint density at radius 1 is 1.12 bits per heavy atom. The summed E-state index contributed by atoms with van der Waals surface area (Å²) in [5, 5.41) is 12.1. The van der Waals surface area contributed by atoms with Gasteiger partial charge in [-0.3, -0.25) is 9.59 Å². The number of aliphatic hydroxyl groups excluding tert-OH is 1. The van der Waals surface area contributed by atoms with Gasteiger partial charge in [0.25, 0.3) is 0 Å². The minimum Gasteiger partial charge on any atom is -0.467 e. The second kappa shape index (κ2) is 8.12. The first-order chi connectivity index (χ1) is 12.2. The number of hydrogen-bond acceptors (Lipinski definition) is 4. The number of benzene rings is 1. The van der Waals surface area contributed by atoms with Gasteiger partial charge in [-0.15, -0.1) is 0 Å². The van der Waals surface area contributed by atoms with Crippen LogP contribution in [0.4, 0.5) is 0 Å². The Morgan fingerprint density at radius 3 is 2.64 bits per heavy atom.